The molecule has 1 aliphatic rings. The Kier molecular flexibility index (Phi) is 8.02. The van der Waals surface area contributed by atoms with Crippen LogP contribution < -0.4 is 4.74 Å². The molecule has 12 heteroatoms. The summed E-state index contributed by atoms with van der Waals surface area (Å²) in [5.74, 6) is -3.37. The third-order valence-electron chi connectivity index (χ3n) is 5.87. The highest BCUT2D eigenvalue weighted by Gasteiger charge is 2.56. The third-order valence-corrected chi connectivity index (χ3v) is 5.87. The van der Waals surface area contributed by atoms with Crippen molar-refractivity contribution < 1.29 is 48.6 Å². The second-order valence-corrected chi connectivity index (χ2v) is 8.75. The topological polar surface area (TPSA) is 153 Å². The van der Waals surface area contributed by atoms with Gasteiger partial charge < -0.3 is 39.4 Å². The molecule has 1 fully saturated rings. The van der Waals surface area contributed by atoms with E-state index in [4.69, 9.17) is 14.2 Å². The number of aryl methyl sites for hydroxylation is 1. The number of ether oxygens (including phenoxy) is 4. The number of benzene rings is 1. The van der Waals surface area contributed by atoms with Crippen LogP contribution in [0.1, 0.15) is 42.3 Å². The molecular weight excluding hydrogens is 467 g/mol. The minimum Gasteiger partial charge on any atom is -0.438 e. The van der Waals surface area contributed by atoms with E-state index in [2.05, 4.69) is 9.84 Å². The number of aliphatic hydroxyl groups is 4. The molecule has 0 aliphatic carbocycles. The first-order valence-electron chi connectivity index (χ1n) is 11.0. The lowest BCUT2D eigenvalue weighted by atomic mass is 9.97. The zero-order chi connectivity index (χ0) is 26.1. The normalized spacial score (nSPS) is 26.6. The molecule has 1 aromatic carbocycles. The Hall–Kier alpha value is -2.77. The van der Waals surface area contributed by atoms with Crippen LogP contribution in [-0.2, 0) is 20.6 Å². The Morgan fingerprint density at radius 2 is 1.94 bits per heavy atom. The highest BCUT2D eigenvalue weighted by Crippen LogP contribution is 2.34. The van der Waals surface area contributed by atoms with Gasteiger partial charge in [0.15, 0.2) is 6.10 Å². The summed E-state index contributed by atoms with van der Waals surface area (Å²) in [6.07, 6.45) is -8.12. The number of halogens is 1. The van der Waals surface area contributed by atoms with Crippen molar-refractivity contribution >= 4 is 6.16 Å². The summed E-state index contributed by atoms with van der Waals surface area (Å²) in [5, 5.41) is 46.4. The average Bonchev–Trinajstić information content (AvgIpc) is 3.11. The quantitative estimate of drug-likeness (QED) is 0.322. The molecule has 0 unspecified atom stereocenters. The van der Waals surface area contributed by atoms with E-state index in [0.29, 0.717) is 22.4 Å². The minimum absolute atomic E-state index is 0.110. The van der Waals surface area contributed by atoms with Gasteiger partial charge in [-0.15, -0.1) is 5.10 Å². The smallest absolute Gasteiger partial charge is 0.438 e. The van der Waals surface area contributed by atoms with E-state index >= 15 is 0 Å². The number of carbonyl (C=O) groups is 1. The summed E-state index contributed by atoms with van der Waals surface area (Å²) in [4.78, 5) is 11.3. The number of rotatable bonds is 7. The fourth-order valence-electron chi connectivity index (χ4n) is 3.81. The minimum atomic E-state index is -2.86. The van der Waals surface area contributed by atoms with Gasteiger partial charge in [-0.3, -0.25) is 4.68 Å². The van der Waals surface area contributed by atoms with Crippen molar-refractivity contribution in [1.82, 2.24) is 9.78 Å². The van der Waals surface area contributed by atoms with Crippen LogP contribution in [0.4, 0.5) is 9.18 Å². The van der Waals surface area contributed by atoms with Gasteiger partial charge in [0, 0.05) is 23.7 Å². The molecule has 194 valence electrons. The molecule has 2 heterocycles. The summed E-state index contributed by atoms with van der Waals surface area (Å²) in [6, 6.07) is 4.65. The van der Waals surface area contributed by atoms with Crippen LogP contribution in [0.25, 0.3) is 0 Å². The first kappa shape index (κ1) is 26.8. The first-order valence-corrected chi connectivity index (χ1v) is 11.0. The SMILES string of the molecule is COC(=O)OC[C@H]1O[C@@](O)(Oc2nn(C(C)C)c(C)c2Cc2ccc(C)c(F)c2)[C@H](O)[C@@H](O)[C@@H]1O. The maximum atomic E-state index is 14.1. The number of hydrogen-bond donors (Lipinski definition) is 4. The van der Waals surface area contributed by atoms with Gasteiger partial charge in [-0.2, -0.15) is 0 Å². The molecule has 2 aromatic rings. The maximum absolute atomic E-state index is 14.1. The first-order chi connectivity index (χ1) is 16.4. The van der Waals surface area contributed by atoms with Crippen molar-refractivity contribution in [2.24, 2.45) is 0 Å². The fourth-order valence-corrected chi connectivity index (χ4v) is 3.81. The van der Waals surface area contributed by atoms with Gasteiger partial charge in [0.05, 0.1) is 7.11 Å². The van der Waals surface area contributed by atoms with E-state index in [-0.39, 0.29) is 24.2 Å². The molecule has 1 aliphatic heterocycles. The van der Waals surface area contributed by atoms with Crippen LogP contribution in [0.2, 0.25) is 0 Å². The summed E-state index contributed by atoms with van der Waals surface area (Å²) in [7, 11) is 1.08. The standard InChI is InChI=1S/C23H31FN2O9/c1-11(2)26-13(4)15(8-14-7-6-12(3)16(24)9-14)21(25-26)35-23(31)20(29)19(28)18(27)17(34-23)10-33-22(30)32-5/h6-7,9,11,17-20,27-29,31H,8,10H2,1-5H3/t17-,18-,19+,20-,23-/m1/s1. The molecule has 5 atom stereocenters. The summed E-state index contributed by atoms with van der Waals surface area (Å²) in [5.41, 5.74) is 2.24. The Morgan fingerprint density at radius 3 is 2.54 bits per heavy atom. The number of nitrogens with zero attached hydrogens (tertiary/aromatic N) is 2. The molecule has 0 amide bonds. The largest absolute Gasteiger partial charge is 0.508 e. The molecule has 0 spiro atoms. The predicted molar refractivity (Wildman–Crippen MR) is 118 cm³/mol. The number of aliphatic hydroxyl groups excluding tert-OH is 3. The van der Waals surface area contributed by atoms with Crippen molar-refractivity contribution in [2.75, 3.05) is 13.7 Å². The van der Waals surface area contributed by atoms with E-state index < -0.39 is 43.2 Å². The van der Waals surface area contributed by atoms with Crippen LogP contribution in [0.3, 0.4) is 0 Å². The Bertz CT molecular complexity index is 1060. The maximum Gasteiger partial charge on any atom is 0.508 e. The monoisotopic (exact) mass is 498 g/mol. The molecular formula is C23H31FN2O9. The van der Waals surface area contributed by atoms with Crippen LogP contribution >= 0.6 is 0 Å². The molecule has 1 saturated heterocycles. The van der Waals surface area contributed by atoms with Gasteiger partial charge in [-0.05, 0) is 44.9 Å². The highest BCUT2D eigenvalue weighted by atomic mass is 19.1. The Morgan fingerprint density at radius 1 is 1.26 bits per heavy atom. The van der Waals surface area contributed by atoms with Gasteiger partial charge in [0.1, 0.15) is 30.7 Å². The van der Waals surface area contributed by atoms with Gasteiger partial charge in [-0.1, -0.05) is 12.1 Å². The lowest BCUT2D eigenvalue weighted by Gasteiger charge is -2.44. The van der Waals surface area contributed by atoms with Crippen LogP contribution in [0, 0.1) is 19.7 Å². The zero-order valence-electron chi connectivity index (χ0n) is 20.1. The highest BCUT2D eigenvalue weighted by molar-refractivity contribution is 5.59. The number of methoxy groups -OCH3 is 1. The van der Waals surface area contributed by atoms with E-state index in [1.807, 2.05) is 13.8 Å². The zero-order valence-corrected chi connectivity index (χ0v) is 20.1. The van der Waals surface area contributed by atoms with Crippen molar-refractivity contribution in [3.63, 3.8) is 0 Å². The summed E-state index contributed by atoms with van der Waals surface area (Å²) < 4.78 is 35.8. The predicted octanol–water partition coefficient (Wildman–Crippen LogP) is 1.10. The third kappa shape index (κ3) is 5.57. The van der Waals surface area contributed by atoms with E-state index in [9.17, 15) is 29.6 Å². The molecule has 0 saturated carbocycles. The summed E-state index contributed by atoms with van der Waals surface area (Å²) >= 11 is 0. The molecule has 35 heavy (non-hydrogen) atoms. The van der Waals surface area contributed by atoms with Crippen molar-refractivity contribution in [2.45, 2.75) is 70.5 Å². The average molecular weight is 499 g/mol. The fraction of sp³-hybridized carbons (Fsp3) is 0.565. The number of aromatic nitrogens is 2. The van der Waals surface area contributed by atoms with Crippen LogP contribution in [0.15, 0.2) is 18.2 Å². The van der Waals surface area contributed by atoms with E-state index in [0.717, 1.165) is 7.11 Å². The van der Waals surface area contributed by atoms with Gasteiger partial charge in [-0.25, -0.2) is 9.18 Å². The van der Waals surface area contributed by atoms with Crippen LogP contribution in [0.5, 0.6) is 5.88 Å². The van der Waals surface area contributed by atoms with Crippen molar-refractivity contribution in [3.8, 4) is 5.88 Å². The second kappa shape index (κ2) is 10.5. The lowest BCUT2D eigenvalue weighted by Crippen LogP contribution is -2.67. The van der Waals surface area contributed by atoms with Crippen molar-refractivity contribution in [1.29, 1.82) is 0 Å². The van der Waals surface area contributed by atoms with E-state index in [1.165, 1.54) is 6.07 Å². The van der Waals surface area contributed by atoms with Crippen LogP contribution in [-0.4, -0.2) is 80.5 Å². The molecule has 0 radical (unpaired) electrons. The lowest BCUT2D eigenvalue weighted by molar-refractivity contribution is -0.423. The molecule has 0 bridgehead atoms. The van der Waals surface area contributed by atoms with Crippen molar-refractivity contribution in [3.05, 3.63) is 46.4 Å². The number of hydrogen-bond acceptors (Lipinski definition) is 10. The Balaban J connectivity index is 1.94. The molecule has 11 nitrogen and oxygen atoms in total. The summed E-state index contributed by atoms with van der Waals surface area (Å²) in [6.45, 7) is 6.55. The van der Waals surface area contributed by atoms with Gasteiger partial charge in [0.2, 0.25) is 5.88 Å². The number of carbonyl (C=O) groups excluding carboxylic acids is 1. The molecule has 4 N–H and O–H groups in total. The second-order valence-electron chi connectivity index (χ2n) is 8.75. The Labute approximate surface area is 201 Å². The molecule has 1 aromatic heterocycles. The van der Waals surface area contributed by atoms with Gasteiger partial charge >= 0.3 is 12.1 Å². The van der Waals surface area contributed by atoms with Gasteiger partial charge in [0.25, 0.3) is 0 Å². The van der Waals surface area contributed by atoms with E-state index in [1.54, 1.807) is 30.7 Å². The molecule has 3 rings (SSSR count).